The summed E-state index contributed by atoms with van der Waals surface area (Å²) in [6.07, 6.45) is 5.96. The molecule has 1 aliphatic heterocycles. The standard InChI is InChI=1S/C33H44N6O4/c1-4-43-33(41)37-27-13-8-9-15-28(27)39-22-36-30(31(39)24-11-6-5-7-12-24)32(40)38-20-19-34-21-25(38)17-18-35-26-14-10-16-29(42-3)23(26)2/h5-7,10-12,14,16,22,25,27-28,34-35H,4,8-9,13,15,17-21H2,1-3H3,(H,37,41)/t25-,27+,28+/m1/s1. The topological polar surface area (TPSA) is 110 Å². The number of hydrogen-bond acceptors (Lipinski definition) is 7. The number of nitrogens with one attached hydrogen (secondary N) is 3. The molecule has 3 N–H and O–H groups in total. The molecular formula is C33H44N6O4. The first kappa shape index (κ1) is 30.4. The van der Waals surface area contributed by atoms with Gasteiger partial charge < -0.3 is 34.9 Å². The molecule has 1 aliphatic carbocycles. The van der Waals surface area contributed by atoms with Gasteiger partial charge in [0.05, 0.1) is 37.8 Å². The van der Waals surface area contributed by atoms with Gasteiger partial charge >= 0.3 is 6.09 Å². The number of benzene rings is 2. The summed E-state index contributed by atoms with van der Waals surface area (Å²) in [7, 11) is 1.68. The number of nitrogens with zero attached hydrogens (tertiary/aromatic N) is 3. The SMILES string of the molecule is CCOC(=O)N[C@H]1CCCC[C@@H]1n1cnc(C(=O)N2CCNC[C@H]2CCNc2cccc(OC)c2C)c1-c1ccccc1. The van der Waals surface area contributed by atoms with E-state index in [-0.39, 0.29) is 24.0 Å². The quantitative estimate of drug-likeness (QED) is 0.305. The van der Waals surface area contributed by atoms with Crippen LogP contribution in [-0.2, 0) is 4.74 Å². The molecule has 0 radical (unpaired) electrons. The Balaban J connectivity index is 1.39. The normalized spacial score (nSPS) is 20.3. The zero-order valence-electron chi connectivity index (χ0n) is 25.5. The van der Waals surface area contributed by atoms with E-state index in [2.05, 4.69) is 20.5 Å². The third kappa shape index (κ3) is 6.96. The number of imidazole rings is 1. The van der Waals surface area contributed by atoms with Crippen molar-refractivity contribution in [1.82, 2.24) is 25.1 Å². The van der Waals surface area contributed by atoms with Crippen LogP contribution in [0.2, 0.25) is 0 Å². The lowest BCUT2D eigenvalue weighted by Gasteiger charge is -2.36. The number of amides is 2. The predicted molar refractivity (Wildman–Crippen MR) is 168 cm³/mol. The molecule has 0 bridgehead atoms. The lowest BCUT2D eigenvalue weighted by molar-refractivity contribution is 0.0624. The zero-order chi connectivity index (χ0) is 30.2. The van der Waals surface area contributed by atoms with Crippen LogP contribution >= 0.6 is 0 Å². The number of piperazine rings is 1. The second-order valence-corrected chi connectivity index (χ2v) is 11.2. The van der Waals surface area contributed by atoms with E-state index in [0.29, 0.717) is 25.4 Å². The first-order chi connectivity index (χ1) is 21.0. The predicted octanol–water partition coefficient (Wildman–Crippen LogP) is 5.01. The van der Waals surface area contributed by atoms with Gasteiger partial charge in [-0.1, -0.05) is 49.2 Å². The van der Waals surface area contributed by atoms with Crippen molar-refractivity contribution in [2.75, 3.05) is 45.2 Å². The van der Waals surface area contributed by atoms with E-state index in [0.717, 1.165) is 73.5 Å². The van der Waals surface area contributed by atoms with Gasteiger partial charge in [-0.05, 0) is 45.2 Å². The minimum absolute atomic E-state index is 0.0151. The number of rotatable bonds is 10. The Morgan fingerprint density at radius 3 is 2.70 bits per heavy atom. The van der Waals surface area contributed by atoms with E-state index in [1.165, 1.54) is 0 Å². The van der Waals surface area contributed by atoms with Crippen molar-refractivity contribution in [2.45, 2.75) is 64.1 Å². The summed E-state index contributed by atoms with van der Waals surface area (Å²) in [5.74, 6) is 0.787. The number of anilines is 1. The Labute approximate surface area is 254 Å². The van der Waals surface area contributed by atoms with E-state index >= 15 is 0 Å². The van der Waals surface area contributed by atoms with Crippen LogP contribution in [0, 0.1) is 6.92 Å². The maximum absolute atomic E-state index is 14.3. The smallest absolute Gasteiger partial charge is 0.407 e. The van der Waals surface area contributed by atoms with E-state index in [1.54, 1.807) is 20.4 Å². The third-order valence-electron chi connectivity index (χ3n) is 8.62. The molecule has 10 nitrogen and oxygen atoms in total. The summed E-state index contributed by atoms with van der Waals surface area (Å²) in [4.78, 5) is 33.4. The molecule has 1 saturated heterocycles. The molecule has 2 fully saturated rings. The first-order valence-electron chi connectivity index (χ1n) is 15.5. The minimum Gasteiger partial charge on any atom is -0.496 e. The highest BCUT2D eigenvalue weighted by atomic mass is 16.5. The second-order valence-electron chi connectivity index (χ2n) is 11.2. The van der Waals surface area contributed by atoms with Crippen LogP contribution in [0.3, 0.4) is 0 Å². The van der Waals surface area contributed by atoms with Gasteiger partial charge in [0.15, 0.2) is 5.69 Å². The van der Waals surface area contributed by atoms with Gasteiger partial charge in [0.1, 0.15) is 5.75 Å². The van der Waals surface area contributed by atoms with Gasteiger partial charge in [0.25, 0.3) is 5.91 Å². The molecule has 230 valence electrons. The maximum Gasteiger partial charge on any atom is 0.407 e. The fraction of sp³-hybridized carbons (Fsp3) is 0.485. The molecule has 3 atom stereocenters. The van der Waals surface area contributed by atoms with Crippen LogP contribution in [0.4, 0.5) is 10.5 Å². The Morgan fingerprint density at radius 1 is 1.09 bits per heavy atom. The summed E-state index contributed by atoms with van der Waals surface area (Å²) in [5, 5.41) is 10.1. The van der Waals surface area contributed by atoms with E-state index < -0.39 is 6.09 Å². The average molecular weight is 589 g/mol. The molecule has 0 unspecified atom stereocenters. The largest absolute Gasteiger partial charge is 0.496 e. The maximum atomic E-state index is 14.3. The van der Waals surface area contributed by atoms with Gasteiger partial charge in [-0.2, -0.15) is 0 Å². The van der Waals surface area contributed by atoms with Crippen LogP contribution < -0.4 is 20.7 Å². The highest BCUT2D eigenvalue weighted by Crippen LogP contribution is 2.35. The molecule has 43 heavy (non-hydrogen) atoms. The van der Waals surface area contributed by atoms with Crippen molar-refractivity contribution in [1.29, 1.82) is 0 Å². The molecule has 0 spiro atoms. The van der Waals surface area contributed by atoms with Gasteiger partial charge in [-0.3, -0.25) is 4.79 Å². The molecule has 2 heterocycles. The molecule has 2 aliphatic rings. The van der Waals surface area contributed by atoms with Crippen molar-refractivity contribution in [3.05, 3.63) is 66.1 Å². The van der Waals surface area contributed by atoms with E-state index in [9.17, 15) is 9.59 Å². The summed E-state index contributed by atoms with van der Waals surface area (Å²) in [5.41, 5.74) is 4.29. The van der Waals surface area contributed by atoms with Gasteiger partial charge in [-0.15, -0.1) is 0 Å². The van der Waals surface area contributed by atoms with E-state index in [1.807, 2.05) is 60.4 Å². The van der Waals surface area contributed by atoms with Crippen LogP contribution in [0.25, 0.3) is 11.3 Å². The third-order valence-corrected chi connectivity index (χ3v) is 8.62. The van der Waals surface area contributed by atoms with Crippen molar-refractivity contribution < 1.29 is 19.1 Å². The average Bonchev–Trinajstić information content (AvgIpc) is 3.48. The number of carbonyl (C=O) groups is 2. The molecule has 3 aromatic rings. The number of hydrogen-bond donors (Lipinski definition) is 3. The second kappa shape index (κ2) is 14.4. The van der Waals surface area contributed by atoms with Crippen molar-refractivity contribution >= 4 is 17.7 Å². The fourth-order valence-electron chi connectivity index (χ4n) is 6.41. The van der Waals surface area contributed by atoms with E-state index in [4.69, 9.17) is 14.5 Å². The lowest BCUT2D eigenvalue weighted by atomic mass is 9.89. The summed E-state index contributed by atoms with van der Waals surface area (Å²) >= 11 is 0. The highest BCUT2D eigenvalue weighted by molar-refractivity contribution is 5.98. The number of ether oxygens (including phenoxy) is 2. The molecule has 10 heteroatoms. The van der Waals surface area contributed by atoms with Crippen LogP contribution in [0.15, 0.2) is 54.9 Å². The van der Waals surface area contributed by atoms with Gasteiger partial charge in [0.2, 0.25) is 0 Å². The number of alkyl carbamates (subject to hydrolysis) is 1. The minimum atomic E-state index is -0.404. The monoisotopic (exact) mass is 588 g/mol. The molecule has 1 saturated carbocycles. The Morgan fingerprint density at radius 2 is 1.91 bits per heavy atom. The van der Waals surface area contributed by atoms with Crippen LogP contribution in [0.1, 0.15) is 61.1 Å². The van der Waals surface area contributed by atoms with Crippen molar-refractivity contribution in [2.24, 2.45) is 0 Å². The molecule has 2 aromatic carbocycles. The Hall–Kier alpha value is -4.05. The lowest BCUT2D eigenvalue weighted by Crippen LogP contribution is -2.54. The van der Waals surface area contributed by atoms with Gasteiger partial charge in [-0.25, -0.2) is 9.78 Å². The summed E-state index contributed by atoms with van der Waals surface area (Å²) < 4.78 is 12.8. The Kier molecular flexibility index (Phi) is 10.2. The summed E-state index contributed by atoms with van der Waals surface area (Å²) in [6.45, 7) is 6.95. The molecular weight excluding hydrogens is 544 g/mol. The zero-order valence-corrected chi connectivity index (χ0v) is 25.5. The molecule has 5 rings (SSSR count). The van der Waals surface area contributed by atoms with Crippen molar-refractivity contribution in [3.8, 4) is 17.0 Å². The summed E-state index contributed by atoms with van der Waals surface area (Å²) in [6, 6.07) is 15.8. The molecule has 1 aromatic heterocycles. The first-order valence-corrected chi connectivity index (χ1v) is 15.5. The van der Waals surface area contributed by atoms with Crippen molar-refractivity contribution in [3.63, 3.8) is 0 Å². The van der Waals surface area contributed by atoms with Crippen LogP contribution in [-0.4, -0.2) is 78.4 Å². The molecule has 2 amide bonds. The number of aromatic nitrogens is 2. The number of methoxy groups -OCH3 is 1. The Bertz CT molecular complexity index is 1380. The fourth-order valence-corrected chi connectivity index (χ4v) is 6.41. The highest BCUT2D eigenvalue weighted by Gasteiger charge is 2.35. The number of carbonyl (C=O) groups excluding carboxylic acids is 2. The van der Waals surface area contributed by atoms with Crippen LogP contribution in [0.5, 0.6) is 5.75 Å². The van der Waals surface area contributed by atoms with Gasteiger partial charge in [0, 0.05) is 49.0 Å².